The Morgan fingerprint density at radius 2 is 1.87 bits per heavy atom. The van der Waals surface area contributed by atoms with E-state index in [1.807, 2.05) is 38.1 Å². The molecule has 5 heteroatoms. The van der Waals surface area contributed by atoms with Crippen LogP contribution in [0.1, 0.15) is 34.5 Å². The fraction of sp³-hybridized carbons (Fsp3) is 0.278. The summed E-state index contributed by atoms with van der Waals surface area (Å²) in [5.74, 6) is 1.16. The summed E-state index contributed by atoms with van der Waals surface area (Å²) in [6.07, 6.45) is 0. The van der Waals surface area contributed by atoms with Crippen LogP contribution in [0, 0.1) is 6.92 Å². The van der Waals surface area contributed by atoms with Crippen LogP contribution < -0.4 is 14.8 Å². The summed E-state index contributed by atoms with van der Waals surface area (Å²) in [5, 5.41) is 3.38. The van der Waals surface area contributed by atoms with Gasteiger partial charge >= 0.3 is 0 Å². The number of ether oxygens (including phenoxy) is 2. The molecule has 122 valence electrons. The molecule has 4 nitrogen and oxygen atoms in total. The highest BCUT2D eigenvalue weighted by atomic mass is 35.5. The minimum Gasteiger partial charge on any atom is -0.497 e. The average Bonchev–Trinajstić information content (AvgIpc) is 2.53. The number of rotatable bonds is 5. The third kappa shape index (κ3) is 3.96. The van der Waals surface area contributed by atoms with Gasteiger partial charge in [-0.15, -0.1) is 0 Å². The van der Waals surface area contributed by atoms with Crippen LogP contribution in [0.25, 0.3) is 0 Å². The number of nitrogens with one attached hydrogen (secondary N) is 1. The number of carbonyl (C=O) groups is 1. The Balaban J connectivity index is 2.24. The van der Waals surface area contributed by atoms with Crippen molar-refractivity contribution < 1.29 is 14.3 Å². The summed E-state index contributed by atoms with van der Waals surface area (Å²) in [5.41, 5.74) is 2.29. The first-order chi connectivity index (χ1) is 11.0. The molecule has 2 aromatic rings. The number of aryl methyl sites for hydroxylation is 1. The molecule has 1 atom stereocenters. The molecule has 0 aromatic heterocycles. The number of hydrogen-bond acceptors (Lipinski definition) is 3. The predicted molar refractivity (Wildman–Crippen MR) is 91.6 cm³/mol. The molecule has 0 saturated heterocycles. The maximum atomic E-state index is 12.4. The van der Waals surface area contributed by atoms with E-state index in [0.29, 0.717) is 22.1 Å². The standard InChI is InChI=1S/C18H20ClNO3/c1-11-5-7-14(16(19)9-11)18(21)20-12(2)15-10-13(22-3)6-8-17(15)23-4/h5-10,12H,1-4H3,(H,20,21). The highest BCUT2D eigenvalue weighted by molar-refractivity contribution is 6.33. The lowest BCUT2D eigenvalue weighted by molar-refractivity contribution is 0.0939. The second kappa shape index (κ2) is 7.38. The predicted octanol–water partition coefficient (Wildman–Crippen LogP) is 4.16. The van der Waals surface area contributed by atoms with Gasteiger partial charge in [-0.1, -0.05) is 17.7 Å². The first-order valence-corrected chi connectivity index (χ1v) is 7.63. The van der Waals surface area contributed by atoms with Crippen molar-refractivity contribution in [3.8, 4) is 11.5 Å². The minimum absolute atomic E-state index is 0.229. The Bertz CT molecular complexity index is 715. The molecule has 2 aromatic carbocycles. The van der Waals surface area contributed by atoms with Crippen molar-refractivity contribution in [1.82, 2.24) is 5.32 Å². The van der Waals surface area contributed by atoms with Crippen molar-refractivity contribution in [2.75, 3.05) is 14.2 Å². The summed E-state index contributed by atoms with van der Waals surface area (Å²) < 4.78 is 10.6. The zero-order chi connectivity index (χ0) is 17.0. The topological polar surface area (TPSA) is 47.6 Å². The Hall–Kier alpha value is -2.20. The smallest absolute Gasteiger partial charge is 0.253 e. The van der Waals surface area contributed by atoms with Crippen LogP contribution in [0.3, 0.4) is 0 Å². The highest BCUT2D eigenvalue weighted by Gasteiger charge is 2.17. The lowest BCUT2D eigenvalue weighted by atomic mass is 10.1. The molecule has 23 heavy (non-hydrogen) atoms. The maximum Gasteiger partial charge on any atom is 0.253 e. The Morgan fingerprint density at radius 3 is 2.48 bits per heavy atom. The van der Waals surface area contributed by atoms with Gasteiger partial charge in [0.15, 0.2) is 0 Å². The van der Waals surface area contributed by atoms with E-state index in [1.54, 1.807) is 26.4 Å². The van der Waals surface area contributed by atoms with Gasteiger partial charge in [0.05, 0.1) is 30.8 Å². The Labute approximate surface area is 141 Å². The summed E-state index contributed by atoms with van der Waals surface area (Å²) in [6.45, 7) is 3.81. The number of halogens is 1. The number of hydrogen-bond donors (Lipinski definition) is 1. The van der Waals surface area contributed by atoms with Crippen molar-refractivity contribution in [3.63, 3.8) is 0 Å². The van der Waals surface area contributed by atoms with Crippen LogP contribution in [0.4, 0.5) is 0 Å². The quantitative estimate of drug-likeness (QED) is 0.893. The van der Waals surface area contributed by atoms with Crippen LogP contribution in [0.5, 0.6) is 11.5 Å². The van der Waals surface area contributed by atoms with E-state index < -0.39 is 0 Å². The lowest BCUT2D eigenvalue weighted by Gasteiger charge is -2.18. The molecule has 0 radical (unpaired) electrons. The van der Waals surface area contributed by atoms with Crippen molar-refractivity contribution >= 4 is 17.5 Å². The van der Waals surface area contributed by atoms with E-state index >= 15 is 0 Å². The van der Waals surface area contributed by atoms with Crippen LogP contribution >= 0.6 is 11.6 Å². The number of benzene rings is 2. The van der Waals surface area contributed by atoms with Crippen molar-refractivity contribution in [2.45, 2.75) is 19.9 Å². The van der Waals surface area contributed by atoms with Gasteiger partial charge in [0.25, 0.3) is 5.91 Å². The molecule has 0 fully saturated rings. The molecular formula is C18H20ClNO3. The van der Waals surface area contributed by atoms with Crippen LogP contribution in [-0.4, -0.2) is 20.1 Å². The Morgan fingerprint density at radius 1 is 1.13 bits per heavy atom. The second-order valence-corrected chi connectivity index (χ2v) is 5.69. The van der Waals surface area contributed by atoms with Gasteiger partial charge in [-0.25, -0.2) is 0 Å². The molecule has 0 aliphatic carbocycles. The summed E-state index contributed by atoms with van der Waals surface area (Å²) in [6, 6.07) is 10.6. The summed E-state index contributed by atoms with van der Waals surface area (Å²) in [4.78, 5) is 12.4. The van der Waals surface area contributed by atoms with Crippen molar-refractivity contribution in [1.29, 1.82) is 0 Å². The van der Waals surface area contributed by atoms with Crippen LogP contribution in [-0.2, 0) is 0 Å². The first-order valence-electron chi connectivity index (χ1n) is 7.25. The molecular weight excluding hydrogens is 314 g/mol. The normalized spacial score (nSPS) is 11.7. The van der Waals surface area contributed by atoms with E-state index in [1.165, 1.54) is 0 Å². The average molecular weight is 334 g/mol. The number of methoxy groups -OCH3 is 2. The number of amides is 1. The van der Waals surface area contributed by atoms with Gasteiger partial charge in [-0.3, -0.25) is 4.79 Å². The number of carbonyl (C=O) groups excluding carboxylic acids is 1. The van der Waals surface area contributed by atoms with E-state index in [0.717, 1.165) is 11.1 Å². The van der Waals surface area contributed by atoms with E-state index in [9.17, 15) is 4.79 Å². The zero-order valence-corrected chi connectivity index (χ0v) is 14.4. The molecule has 1 amide bonds. The van der Waals surface area contributed by atoms with Gasteiger partial charge in [0.1, 0.15) is 11.5 Å². The SMILES string of the molecule is COc1ccc(OC)c(C(C)NC(=O)c2ccc(C)cc2Cl)c1. The summed E-state index contributed by atoms with van der Waals surface area (Å²) >= 11 is 6.15. The monoisotopic (exact) mass is 333 g/mol. The molecule has 2 rings (SSSR count). The first kappa shape index (κ1) is 17.2. The molecule has 1 N–H and O–H groups in total. The Kier molecular flexibility index (Phi) is 5.50. The van der Waals surface area contributed by atoms with Gasteiger partial charge in [-0.2, -0.15) is 0 Å². The largest absolute Gasteiger partial charge is 0.497 e. The van der Waals surface area contributed by atoms with Gasteiger partial charge in [0, 0.05) is 5.56 Å². The highest BCUT2D eigenvalue weighted by Crippen LogP contribution is 2.29. The molecule has 0 aliphatic rings. The fourth-order valence-corrected chi connectivity index (χ4v) is 2.66. The minimum atomic E-state index is -0.259. The van der Waals surface area contributed by atoms with Gasteiger partial charge in [-0.05, 0) is 49.7 Å². The van der Waals surface area contributed by atoms with Gasteiger partial charge in [0.2, 0.25) is 0 Å². The van der Waals surface area contributed by atoms with Crippen molar-refractivity contribution in [2.24, 2.45) is 0 Å². The molecule has 0 saturated carbocycles. The van der Waals surface area contributed by atoms with Crippen LogP contribution in [0.2, 0.25) is 5.02 Å². The zero-order valence-electron chi connectivity index (χ0n) is 13.6. The van der Waals surface area contributed by atoms with Crippen molar-refractivity contribution in [3.05, 3.63) is 58.1 Å². The van der Waals surface area contributed by atoms with E-state index in [-0.39, 0.29) is 11.9 Å². The molecule has 1 unspecified atom stereocenters. The van der Waals surface area contributed by atoms with Gasteiger partial charge < -0.3 is 14.8 Å². The van der Waals surface area contributed by atoms with Crippen LogP contribution in [0.15, 0.2) is 36.4 Å². The molecule has 0 spiro atoms. The van der Waals surface area contributed by atoms with E-state index in [4.69, 9.17) is 21.1 Å². The molecule has 0 bridgehead atoms. The third-order valence-corrected chi connectivity index (χ3v) is 3.93. The van der Waals surface area contributed by atoms with E-state index in [2.05, 4.69) is 5.32 Å². The third-order valence-electron chi connectivity index (χ3n) is 3.62. The fourth-order valence-electron chi connectivity index (χ4n) is 2.33. The molecule has 0 aliphatic heterocycles. The maximum absolute atomic E-state index is 12.4. The lowest BCUT2D eigenvalue weighted by Crippen LogP contribution is -2.27. The molecule has 0 heterocycles. The summed E-state index contributed by atoms with van der Waals surface area (Å²) in [7, 11) is 3.19. The second-order valence-electron chi connectivity index (χ2n) is 5.29.